The molecule has 5 heteroatoms. The van der Waals surface area contributed by atoms with Crippen LogP contribution in [0.15, 0.2) is 24.5 Å². The summed E-state index contributed by atoms with van der Waals surface area (Å²) in [5, 5.41) is 0. The minimum Gasteiger partial charge on any atom is -0.465 e. The maximum absolute atomic E-state index is 11.7. The van der Waals surface area contributed by atoms with Crippen LogP contribution in [0.4, 0.5) is 0 Å². The van der Waals surface area contributed by atoms with E-state index in [1.54, 1.807) is 12.3 Å². The molecule has 0 spiro atoms. The Morgan fingerprint density at radius 2 is 2.50 bits per heavy atom. The average molecular weight is 262 g/mol. The van der Waals surface area contributed by atoms with Gasteiger partial charge < -0.3 is 9.14 Å². The molecule has 0 N–H and O–H groups in total. The van der Waals surface area contributed by atoms with Gasteiger partial charge in [0.05, 0.1) is 24.4 Å². The van der Waals surface area contributed by atoms with Crippen molar-refractivity contribution in [1.82, 2.24) is 9.38 Å². The normalized spacial score (nSPS) is 19.3. The minimum atomic E-state index is -0.312. The monoisotopic (exact) mass is 262 g/mol. The first kappa shape index (κ1) is 11.6. The van der Waals surface area contributed by atoms with E-state index >= 15 is 0 Å². The maximum Gasteiger partial charge on any atom is 0.340 e. The molecule has 4 nitrogen and oxygen atoms in total. The molecule has 2 aromatic rings. The predicted molar refractivity (Wildman–Crippen MR) is 71.2 cm³/mol. The number of carbonyl (C=O) groups is 1. The molecule has 2 aromatic heterocycles. The quantitative estimate of drug-likeness (QED) is 0.779. The molecule has 0 bridgehead atoms. The molecule has 0 aliphatic carbocycles. The van der Waals surface area contributed by atoms with Crippen molar-refractivity contribution in [2.75, 3.05) is 18.6 Å². The fourth-order valence-corrected chi connectivity index (χ4v) is 3.58. The summed E-state index contributed by atoms with van der Waals surface area (Å²) in [6, 6.07) is 3.64. The number of pyridine rings is 1. The van der Waals surface area contributed by atoms with Crippen molar-refractivity contribution in [3.63, 3.8) is 0 Å². The van der Waals surface area contributed by atoms with Gasteiger partial charge >= 0.3 is 5.97 Å². The van der Waals surface area contributed by atoms with Gasteiger partial charge in [-0.05, 0) is 24.3 Å². The summed E-state index contributed by atoms with van der Waals surface area (Å²) in [7, 11) is 1.40. The Balaban J connectivity index is 2.11. The van der Waals surface area contributed by atoms with Crippen molar-refractivity contribution < 1.29 is 9.53 Å². The first-order chi connectivity index (χ1) is 8.81. The molecule has 0 amide bonds. The van der Waals surface area contributed by atoms with Gasteiger partial charge in [0.2, 0.25) is 0 Å². The fourth-order valence-electron chi connectivity index (χ4n) is 2.36. The van der Waals surface area contributed by atoms with Crippen molar-refractivity contribution in [3.8, 4) is 0 Å². The molecule has 0 aromatic carbocycles. The van der Waals surface area contributed by atoms with Crippen LogP contribution < -0.4 is 0 Å². The van der Waals surface area contributed by atoms with Gasteiger partial charge in [-0.25, -0.2) is 9.78 Å². The zero-order valence-electron chi connectivity index (χ0n) is 10.1. The van der Waals surface area contributed by atoms with Gasteiger partial charge in [-0.15, -0.1) is 0 Å². The highest BCUT2D eigenvalue weighted by atomic mass is 32.2. The molecule has 1 atom stereocenters. The highest BCUT2D eigenvalue weighted by Gasteiger charge is 2.23. The number of fused-ring (bicyclic) bond motifs is 1. The van der Waals surface area contributed by atoms with Crippen molar-refractivity contribution in [3.05, 3.63) is 35.9 Å². The van der Waals surface area contributed by atoms with E-state index in [9.17, 15) is 4.79 Å². The standard InChI is InChI=1S/C13H14N2O2S/c1-17-13(16)10-3-2-5-15-11(10)7-14-12(15)9-4-6-18-8-9/h2-3,5,7,9H,4,6,8H2,1H3. The number of hydrogen-bond donors (Lipinski definition) is 0. The average Bonchev–Trinajstić information content (AvgIpc) is 3.05. The molecule has 1 saturated heterocycles. The summed E-state index contributed by atoms with van der Waals surface area (Å²) in [5.74, 6) is 3.54. The number of imidazole rings is 1. The molecule has 3 heterocycles. The largest absolute Gasteiger partial charge is 0.465 e. The van der Waals surface area contributed by atoms with Gasteiger partial charge in [-0.1, -0.05) is 0 Å². The molecule has 0 radical (unpaired) electrons. The van der Waals surface area contributed by atoms with Gasteiger partial charge in [0.1, 0.15) is 5.82 Å². The third-order valence-electron chi connectivity index (χ3n) is 3.30. The van der Waals surface area contributed by atoms with Crippen LogP contribution in [0.25, 0.3) is 5.52 Å². The van der Waals surface area contributed by atoms with Crippen LogP contribution in [-0.4, -0.2) is 34.0 Å². The zero-order chi connectivity index (χ0) is 12.5. The van der Waals surface area contributed by atoms with Crippen LogP contribution in [0, 0.1) is 0 Å². The summed E-state index contributed by atoms with van der Waals surface area (Å²) >= 11 is 1.96. The van der Waals surface area contributed by atoms with Gasteiger partial charge in [0, 0.05) is 17.9 Å². The molecule has 94 valence electrons. The lowest BCUT2D eigenvalue weighted by Crippen LogP contribution is -2.06. The number of carbonyl (C=O) groups excluding carboxylic acids is 1. The number of ether oxygens (including phenoxy) is 1. The van der Waals surface area contributed by atoms with E-state index in [1.807, 2.05) is 28.4 Å². The Hall–Kier alpha value is -1.49. The van der Waals surface area contributed by atoms with E-state index in [0.717, 1.165) is 23.5 Å². The Bertz CT molecular complexity index is 588. The Morgan fingerprint density at radius 3 is 3.22 bits per heavy atom. The topological polar surface area (TPSA) is 43.6 Å². The van der Waals surface area contributed by atoms with Gasteiger partial charge in [0.25, 0.3) is 0 Å². The highest BCUT2D eigenvalue weighted by molar-refractivity contribution is 7.99. The van der Waals surface area contributed by atoms with Crippen LogP contribution in [0.5, 0.6) is 0 Å². The van der Waals surface area contributed by atoms with E-state index < -0.39 is 0 Å². The Morgan fingerprint density at radius 1 is 1.61 bits per heavy atom. The first-order valence-corrected chi connectivity index (χ1v) is 7.08. The lowest BCUT2D eigenvalue weighted by molar-refractivity contribution is 0.0602. The number of rotatable bonds is 2. The smallest absolute Gasteiger partial charge is 0.340 e. The van der Waals surface area contributed by atoms with Crippen molar-refractivity contribution in [2.24, 2.45) is 0 Å². The van der Waals surface area contributed by atoms with E-state index in [-0.39, 0.29) is 5.97 Å². The molecule has 1 unspecified atom stereocenters. The lowest BCUT2D eigenvalue weighted by Gasteiger charge is -2.08. The maximum atomic E-state index is 11.7. The Labute approximate surface area is 109 Å². The van der Waals surface area contributed by atoms with Gasteiger partial charge in [-0.3, -0.25) is 0 Å². The van der Waals surface area contributed by atoms with Crippen LogP contribution >= 0.6 is 11.8 Å². The molecular formula is C13H14N2O2S. The number of aromatic nitrogens is 2. The summed E-state index contributed by atoms with van der Waals surface area (Å²) in [6.45, 7) is 0. The molecular weight excluding hydrogens is 248 g/mol. The molecule has 18 heavy (non-hydrogen) atoms. The molecule has 3 rings (SSSR count). The number of esters is 1. The number of methoxy groups -OCH3 is 1. The van der Waals surface area contributed by atoms with Crippen LogP contribution in [0.2, 0.25) is 0 Å². The van der Waals surface area contributed by atoms with E-state index in [1.165, 1.54) is 12.9 Å². The summed E-state index contributed by atoms with van der Waals surface area (Å²) < 4.78 is 6.81. The second kappa shape index (κ2) is 4.65. The van der Waals surface area contributed by atoms with E-state index in [0.29, 0.717) is 11.5 Å². The molecule has 1 aliphatic rings. The lowest BCUT2D eigenvalue weighted by atomic mass is 10.1. The second-order valence-electron chi connectivity index (χ2n) is 4.35. The molecule has 1 aliphatic heterocycles. The highest BCUT2D eigenvalue weighted by Crippen LogP contribution is 2.32. The summed E-state index contributed by atoms with van der Waals surface area (Å²) in [6.07, 6.45) is 4.89. The van der Waals surface area contributed by atoms with Gasteiger partial charge in [0.15, 0.2) is 0 Å². The predicted octanol–water partition coefficient (Wildman–Crippen LogP) is 2.34. The SMILES string of the molecule is COC(=O)c1cccn2c(C3CCSC3)ncc12. The van der Waals surface area contributed by atoms with Crippen molar-refractivity contribution >= 4 is 23.2 Å². The third-order valence-corrected chi connectivity index (χ3v) is 4.46. The van der Waals surface area contributed by atoms with Crippen molar-refractivity contribution in [1.29, 1.82) is 0 Å². The van der Waals surface area contributed by atoms with Crippen LogP contribution in [0.1, 0.15) is 28.5 Å². The third kappa shape index (κ3) is 1.79. The van der Waals surface area contributed by atoms with E-state index in [2.05, 4.69) is 4.98 Å². The zero-order valence-corrected chi connectivity index (χ0v) is 10.9. The van der Waals surface area contributed by atoms with E-state index in [4.69, 9.17) is 4.74 Å². The molecule has 1 fully saturated rings. The summed E-state index contributed by atoms with van der Waals surface area (Å²) in [5.41, 5.74) is 1.40. The van der Waals surface area contributed by atoms with Gasteiger partial charge in [-0.2, -0.15) is 11.8 Å². The molecule has 0 saturated carbocycles. The summed E-state index contributed by atoms with van der Waals surface area (Å²) in [4.78, 5) is 16.2. The van der Waals surface area contributed by atoms with Crippen molar-refractivity contribution in [2.45, 2.75) is 12.3 Å². The Kier molecular flexibility index (Phi) is 2.99. The van der Waals surface area contributed by atoms with Crippen LogP contribution in [-0.2, 0) is 4.74 Å². The fraction of sp³-hybridized carbons (Fsp3) is 0.385. The second-order valence-corrected chi connectivity index (χ2v) is 5.50. The number of thioether (sulfide) groups is 1. The first-order valence-electron chi connectivity index (χ1n) is 5.93. The van der Waals surface area contributed by atoms with Crippen LogP contribution in [0.3, 0.4) is 0 Å². The number of nitrogens with zero attached hydrogens (tertiary/aromatic N) is 2. The number of hydrogen-bond acceptors (Lipinski definition) is 4. The minimum absolute atomic E-state index is 0.312.